The topological polar surface area (TPSA) is 84.8 Å². The first-order chi connectivity index (χ1) is 16.9. The van der Waals surface area contributed by atoms with Gasteiger partial charge in [0, 0.05) is 43.2 Å². The average molecular weight is 473 g/mol. The molecule has 5 aromatic rings. The Morgan fingerprint density at radius 1 is 1.09 bits per heavy atom. The molecule has 9 heteroatoms. The van der Waals surface area contributed by atoms with Crippen molar-refractivity contribution in [2.45, 2.75) is 13.5 Å². The number of benzene rings is 2. The Hall–Kier alpha value is -4.53. The van der Waals surface area contributed by atoms with E-state index in [4.69, 9.17) is 4.74 Å². The first-order valence-electron chi connectivity index (χ1n) is 10.9. The fourth-order valence-corrected chi connectivity index (χ4v) is 3.87. The molecule has 0 aliphatic heterocycles. The SMILES string of the molecule is Cc1c(Oc2ccnc3[nH]c(-c4ccn(C)n4)cc23)cccc1C(=O)NCc1cc(F)cc(F)c1. The minimum Gasteiger partial charge on any atom is -0.456 e. The number of H-pyrrole nitrogens is 1. The number of hydrogen-bond acceptors (Lipinski definition) is 4. The van der Waals surface area contributed by atoms with Crippen molar-refractivity contribution in [3.8, 4) is 22.9 Å². The van der Waals surface area contributed by atoms with Crippen LogP contribution in [0.15, 0.2) is 67.0 Å². The Balaban J connectivity index is 1.39. The average Bonchev–Trinajstić information content (AvgIpc) is 3.45. The van der Waals surface area contributed by atoms with Crippen LogP contribution in [0.1, 0.15) is 21.5 Å². The number of aryl methyl sites for hydroxylation is 1. The van der Waals surface area contributed by atoms with Gasteiger partial charge < -0.3 is 15.0 Å². The van der Waals surface area contributed by atoms with E-state index >= 15 is 0 Å². The third-order valence-corrected chi connectivity index (χ3v) is 5.61. The molecule has 0 atom stereocenters. The van der Waals surface area contributed by atoms with Crippen molar-refractivity contribution in [3.63, 3.8) is 0 Å². The molecule has 5 rings (SSSR count). The van der Waals surface area contributed by atoms with Crippen LogP contribution in [0.25, 0.3) is 22.4 Å². The lowest BCUT2D eigenvalue weighted by Crippen LogP contribution is -2.23. The molecule has 3 aromatic heterocycles. The second kappa shape index (κ2) is 9.02. The minimum absolute atomic E-state index is 0.0112. The van der Waals surface area contributed by atoms with E-state index in [1.54, 1.807) is 42.1 Å². The molecule has 0 aliphatic rings. The summed E-state index contributed by atoms with van der Waals surface area (Å²) >= 11 is 0. The number of aromatic amines is 1. The number of aromatic nitrogens is 4. The number of pyridine rings is 1. The highest BCUT2D eigenvalue weighted by molar-refractivity contribution is 5.96. The molecule has 0 radical (unpaired) electrons. The van der Waals surface area contributed by atoms with Crippen LogP contribution >= 0.6 is 0 Å². The van der Waals surface area contributed by atoms with Crippen molar-refractivity contribution in [1.82, 2.24) is 25.1 Å². The molecule has 0 unspecified atom stereocenters. The Morgan fingerprint density at radius 3 is 2.63 bits per heavy atom. The fraction of sp³-hybridized carbons (Fsp3) is 0.115. The van der Waals surface area contributed by atoms with Crippen LogP contribution in [-0.4, -0.2) is 25.7 Å². The molecule has 3 heterocycles. The molecule has 0 saturated heterocycles. The van der Waals surface area contributed by atoms with Gasteiger partial charge in [0.1, 0.15) is 34.5 Å². The van der Waals surface area contributed by atoms with Gasteiger partial charge >= 0.3 is 0 Å². The maximum atomic E-state index is 13.4. The van der Waals surface area contributed by atoms with E-state index in [9.17, 15) is 13.6 Å². The zero-order valence-electron chi connectivity index (χ0n) is 19.0. The standard InChI is InChI=1S/C26H21F2N5O2/c1-15-19(26(34)30-14-16-10-17(27)12-18(28)11-16)4-3-5-23(15)35-24-6-8-29-25-20(24)13-22(31-25)21-7-9-33(2)32-21/h3-13H,14H2,1-2H3,(H,29,31)(H,30,34). The van der Waals surface area contributed by atoms with Crippen LogP contribution in [0.2, 0.25) is 0 Å². The van der Waals surface area contributed by atoms with Crippen molar-refractivity contribution < 1.29 is 18.3 Å². The Labute approximate surface area is 199 Å². The molecule has 0 bridgehead atoms. The molecule has 7 nitrogen and oxygen atoms in total. The summed E-state index contributed by atoms with van der Waals surface area (Å²) in [5.41, 5.74) is 3.59. The number of amides is 1. The molecular formula is C26H21F2N5O2. The predicted octanol–water partition coefficient (Wildman–Crippen LogP) is 5.27. The van der Waals surface area contributed by atoms with Gasteiger partial charge in [-0.3, -0.25) is 9.48 Å². The molecule has 0 saturated carbocycles. The third-order valence-electron chi connectivity index (χ3n) is 5.61. The fourth-order valence-electron chi connectivity index (χ4n) is 3.87. The summed E-state index contributed by atoms with van der Waals surface area (Å²) in [7, 11) is 1.85. The smallest absolute Gasteiger partial charge is 0.251 e. The second-order valence-electron chi connectivity index (χ2n) is 8.12. The number of ether oxygens (including phenoxy) is 1. The van der Waals surface area contributed by atoms with Crippen LogP contribution in [0.3, 0.4) is 0 Å². The number of hydrogen-bond donors (Lipinski definition) is 2. The summed E-state index contributed by atoms with van der Waals surface area (Å²) in [6.45, 7) is 1.77. The highest BCUT2D eigenvalue weighted by atomic mass is 19.1. The van der Waals surface area contributed by atoms with Crippen LogP contribution < -0.4 is 10.1 Å². The summed E-state index contributed by atoms with van der Waals surface area (Å²) in [4.78, 5) is 20.4. The zero-order valence-corrected chi connectivity index (χ0v) is 19.0. The van der Waals surface area contributed by atoms with Crippen LogP contribution in [0.5, 0.6) is 11.5 Å². The molecule has 35 heavy (non-hydrogen) atoms. The van der Waals surface area contributed by atoms with E-state index in [1.165, 1.54) is 12.1 Å². The van der Waals surface area contributed by atoms with Gasteiger partial charge in [-0.25, -0.2) is 13.8 Å². The van der Waals surface area contributed by atoms with Crippen molar-refractivity contribution in [3.05, 3.63) is 95.3 Å². The quantitative estimate of drug-likeness (QED) is 0.352. The van der Waals surface area contributed by atoms with Crippen molar-refractivity contribution in [2.24, 2.45) is 7.05 Å². The molecule has 0 aliphatic carbocycles. The van der Waals surface area contributed by atoms with Gasteiger partial charge in [0.15, 0.2) is 0 Å². The maximum Gasteiger partial charge on any atom is 0.251 e. The van der Waals surface area contributed by atoms with Gasteiger partial charge in [-0.15, -0.1) is 0 Å². The molecule has 176 valence electrons. The van der Waals surface area contributed by atoms with Crippen molar-refractivity contribution in [2.75, 3.05) is 0 Å². The Morgan fingerprint density at radius 2 is 1.89 bits per heavy atom. The molecule has 2 aromatic carbocycles. The first kappa shape index (κ1) is 22.3. The van der Waals surface area contributed by atoms with E-state index in [-0.39, 0.29) is 12.5 Å². The normalized spacial score (nSPS) is 11.1. The monoisotopic (exact) mass is 473 g/mol. The van der Waals surface area contributed by atoms with E-state index in [2.05, 4.69) is 20.4 Å². The molecule has 1 amide bonds. The molecule has 2 N–H and O–H groups in total. The lowest BCUT2D eigenvalue weighted by Gasteiger charge is -2.13. The van der Waals surface area contributed by atoms with E-state index in [1.807, 2.05) is 25.4 Å². The molecule has 0 spiro atoms. The summed E-state index contributed by atoms with van der Waals surface area (Å²) in [6, 6.07) is 13.9. The van der Waals surface area contributed by atoms with Gasteiger partial charge in [-0.2, -0.15) is 5.10 Å². The molecular weight excluding hydrogens is 452 g/mol. The minimum atomic E-state index is -0.694. The van der Waals surface area contributed by atoms with E-state index < -0.39 is 11.6 Å². The first-order valence-corrected chi connectivity index (χ1v) is 10.9. The maximum absolute atomic E-state index is 13.4. The van der Waals surface area contributed by atoms with Gasteiger partial charge in [-0.1, -0.05) is 6.07 Å². The van der Waals surface area contributed by atoms with E-state index in [0.29, 0.717) is 33.8 Å². The summed E-state index contributed by atoms with van der Waals surface area (Å²) in [5.74, 6) is -0.690. The number of carbonyl (C=O) groups is 1. The number of halogens is 2. The number of nitrogens with zero attached hydrogens (tertiary/aromatic N) is 3. The Kier molecular flexibility index (Phi) is 5.74. The van der Waals surface area contributed by atoms with Crippen LogP contribution in [-0.2, 0) is 13.6 Å². The largest absolute Gasteiger partial charge is 0.456 e. The van der Waals surface area contributed by atoms with Gasteiger partial charge in [-0.05, 0) is 55.0 Å². The number of rotatable bonds is 6. The van der Waals surface area contributed by atoms with Gasteiger partial charge in [0.05, 0.1) is 11.1 Å². The van der Waals surface area contributed by atoms with Gasteiger partial charge in [0.25, 0.3) is 5.91 Å². The number of fused-ring (bicyclic) bond motifs is 1. The third kappa shape index (κ3) is 4.61. The Bertz CT molecular complexity index is 1540. The van der Waals surface area contributed by atoms with Crippen molar-refractivity contribution in [1.29, 1.82) is 0 Å². The van der Waals surface area contributed by atoms with Crippen LogP contribution in [0.4, 0.5) is 8.78 Å². The zero-order chi connectivity index (χ0) is 24.5. The summed E-state index contributed by atoms with van der Waals surface area (Å²) in [5, 5.41) is 7.89. The number of nitrogens with one attached hydrogen (secondary N) is 2. The predicted molar refractivity (Wildman–Crippen MR) is 127 cm³/mol. The lowest BCUT2D eigenvalue weighted by molar-refractivity contribution is 0.0950. The van der Waals surface area contributed by atoms with Gasteiger partial charge in [0.2, 0.25) is 0 Å². The van der Waals surface area contributed by atoms with Crippen LogP contribution in [0, 0.1) is 18.6 Å². The lowest BCUT2D eigenvalue weighted by atomic mass is 10.1. The van der Waals surface area contributed by atoms with Crippen molar-refractivity contribution >= 4 is 16.9 Å². The molecule has 0 fully saturated rings. The second-order valence-corrected chi connectivity index (χ2v) is 8.12. The summed E-state index contributed by atoms with van der Waals surface area (Å²) < 4.78 is 34.8. The summed E-state index contributed by atoms with van der Waals surface area (Å²) in [6.07, 6.45) is 3.50. The highest BCUT2D eigenvalue weighted by Crippen LogP contribution is 2.34. The number of carbonyl (C=O) groups excluding carboxylic acids is 1. The van der Waals surface area contributed by atoms with E-state index in [0.717, 1.165) is 22.8 Å². The highest BCUT2D eigenvalue weighted by Gasteiger charge is 2.16.